The molecule has 148 valence electrons. The molecule has 0 aliphatic heterocycles. The van der Waals surface area contributed by atoms with Crippen molar-refractivity contribution in [3.05, 3.63) is 60.2 Å². The molecule has 0 bridgehead atoms. The Morgan fingerprint density at radius 3 is 2.70 bits per heavy atom. The van der Waals surface area contributed by atoms with Gasteiger partial charge < -0.3 is 15.3 Å². The molecule has 1 aliphatic carbocycles. The second kappa shape index (κ2) is 11.7. The van der Waals surface area contributed by atoms with Gasteiger partial charge in [0.25, 0.3) is 0 Å². The molecule has 1 aromatic carbocycles. The number of carboxylic acids is 1. The summed E-state index contributed by atoms with van der Waals surface area (Å²) in [6.07, 6.45) is 13.0. The topological polar surface area (TPSA) is 77.8 Å². The van der Waals surface area contributed by atoms with E-state index in [1.807, 2.05) is 36.4 Å². The maximum atomic E-state index is 10.5. The van der Waals surface area contributed by atoms with Gasteiger partial charge in [0.05, 0.1) is 12.2 Å². The number of aliphatic hydroxyl groups is 2. The van der Waals surface area contributed by atoms with Crippen LogP contribution in [0.15, 0.2) is 54.6 Å². The van der Waals surface area contributed by atoms with Gasteiger partial charge in [-0.15, -0.1) is 0 Å². The summed E-state index contributed by atoms with van der Waals surface area (Å²) in [5.41, 5.74) is 1.22. The van der Waals surface area contributed by atoms with Crippen molar-refractivity contribution in [3.8, 4) is 0 Å². The number of hydrogen-bond acceptors (Lipinski definition) is 3. The maximum Gasteiger partial charge on any atom is 0.303 e. The number of aliphatic hydroxyl groups excluding tert-OH is 2. The molecule has 0 aromatic heterocycles. The summed E-state index contributed by atoms with van der Waals surface area (Å²) in [4.78, 5) is 10.5. The van der Waals surface area contributed by atoms with Crippen molar-refractivity contribution < 1.29 is 20.1 Å². The first-order valence-corrected chi connectivity index (χ1v) is 10.0. The van der Waals surface area contributed by atoms with Crippen LogP contribution in [0.3, 0.4) is 0 Å². The highest BCUT2D eigenvalue weighted by Gasteiger charge is 2.32. The molecule has 0 radical (unpaired) electrons. The molecular formula is C23H32O4. The fourth-order valence-electron chi connectivity index (χ4n) is 3.72. The van der Waals surface area contributed by atoms with Crippen LogP contribution in [-0.4, -0.2) is 33.5 Å². The molecule has 0 amide bonds. The lowest BCUT2D eigenvalue weighted by Gasteiger charge is -2.18. The number of carboxylic acid groups (broad SMARTS) is 1. The van der Waals surface area contributed by atoms with Gasteiger partial charge in [-0.05, 0) is 56.4 Å². The highest BCUT2D eigenvalue weighted by Crippen LogP contribution is 2.36. The van der Waals surface area contributed by atoms with Crippen LogP contribution in [-0.2, 0) is 11.2 Å². The van der Waals surface area contributed by atoms with Gasteiger partial charge in [-0.25, -0.2) is 0 Å². The lowest BCUT2D eigenvalue weighted by atomic mass is 9.90. The number of unbranched alkanes of at least 4 members (excludes halogenated alkanes) is 1. The number of carbonyl (C=O) groups is 1. The van der Waals surface area contributed by atoms with Crippen LogP contribution in [0.25, 0.3) is 0 Å². The number of aliphatic carboxylic acids is 1. The van der Waals surface area contributed by atoms with Crippen LogP contribution in [0.1, 0.15) is 50.5 Å². The molecule has 4 nitrogen and oxygen atoms in total. The van der Waals surface area contributed by atoms with E-state index in [0.717, 1.165) is 32.1 Å². The van der Waals surface area contributed by atoms with E-state index in [-0.39, 0.29) is 18.4 Å². The van der Waals surface area contributed by atoms with Crippen LogP contribution < -0.4 is 0 Å². The number of allylic oxidation sites excluding steroid dienone is 2. The van der Waals surface area contributed by atoms with E-state index in [9.17, 15) is 15.0 Å². The average Bonchev–Trinajstić information content (AvgIpc) is 3.01. The Hall–Kier alpha value is -1.91. The summed E-state index contributed by atoms with van der Waals surface area (Å²) in [5.74, 6) is -0.285. The SMILES string of the molecule is O=C(O)CCC/C=C\C[C@H]1CC[C@@H](O)[C@@H]1/C=C/[C@@H](O)CCc1ccccc1. The molecule has 1 fully saturated rings. The fourth-order valence-corrected chi connectivity index (χ4v) is 3.72. The van der Waals surface area contributed by atoms with Gasteiger partial charge in [0, 0.05) is 12.3 Å². The van der Waals surface area contributed by atoms with Crippen molar-refractivity contribution in [1.82, 2.24) is 0 Å². The van der Waals surface area contributed by atoms with Crippen LogP contribution in [0.4, 0.5) is 0 Å². The minimum Gasteiger partial charge on any atom is -0.481 e. The van der Waals surface area contributed by atoms with E-state index in [4.69, 9.17) is 5.11 Å². The number of hydrogen-bond donors (Lipinski definition) is 3. The molecule has 3 N–H and O–H groups in total. The molecule has 4 heteroatoms. The quantitative estimate of drug-likeness (QED) is 0.403. The fraction of sp³-hybridized carbons (Fsp3) is 0.522. The van der Waals surface area contributed by atoms with E-state index in [0.29, 0.717) is 18.8 Å². The standard InChI is InChI=1S/C23H32O4/c24-20(14-12-18-8-4-3-5-9-18)15-16-21-19(13-17-22(21)25)10-6-1-2-7-11-23(26)27/h1,3-6,8-9,15-16,19-22,24-25H,2,7,10-14,17H2,(H,26,27)/b6-1-,16-15+/t19-,20-,21+,22+/m0/s1. The molecule has 1 aromatic rings. The summed E-state index contributed by atoms with van der Waals surface area (Å²) < 4.78 is 0. The van der Waals surface area contributed by atoms with Gasteiger partial charge in [0.15, 0.2) is 0 Å². The van der Waals surface area contributed by atoms with Gasteiger partial charge >= 0.3 is 5.97 Å². The lowest BCUT2D eigenvalue weighted by molar-refractivity contribution is -0.137. The molecular weight excluding hydrogens is 340 g/mol. The van der Waals surface area contributed by atoms with Crippen molar-refractivity contribution in [2.75, 3.05) is 0 Å². The van der Waals surface area contributed by atoms with Crippen molar-refractivity contribution in [2.45, 2.75) is 63.6 Å². The van der Waals surface area contributed by atoms with Crippen LogP contribution >= 0.6 is 0 Å². The minimum atomic E-state index is -0.752. The van der Waals surface area contributed by atoms with Crippen molar-refractivity contribution >= 4 is 5.97 Å². The second-order valence-corrected chi connectivity index (χ2v) is 7.45. The zero-order chi connectivity index (χ0) is 19.5. The van der Waals surface area contributed by atoms with Crippen molar-refractivity contribution in [2.24, 2.45) is 11.8 Å². The van der Waals surface area contributed by atoms with E-state index in [1.165, 1.54) is 5.56 Å². The zero-order valence-corrected chi connectivity index (χ0v) is 15.9. The molecule has 0 unspecified atom stereocenters. The van der Waals surface area contributed by atoms with Gasteiger partial charge in [-0.3, -0.25) is 4.79 Å². The molecule has 2 rings (SSSR count). The molecule has 1 saturated carbocycles. The summed E-state index contributed by atoms with van der Waals surface area (Å²) >= 11 is 0. The highest BCUT2D eigenvalue weighted by molar-refractivity contribution is 5.66. The normalized spacial score (nSPS) is 24.0. The summed E-state index contributed by atoms with van der Waals surface area (Å²) in [7, 11) is 0. The third kappa shape index (κ3) is 8.10. The molecule has 1 aliphatic rings. The number of aryl methyl sites for hydroxylation is 1. The summed E-state index contributed by atoms with van der Waals surface area (Å²) in [6, 6.07) is 10.1. The maximum absolute atomic E-state index is 10.5. The molecule has 27 heavy (non-hydrogen) atoms. The van der Waals surface area contributed by atoms with Gasteiger partial charge in [-0.1, -0.05) is 54.6 Å². The Morgan fingerprint density at radius 2 is 1.96 bits per heavy atom. The van der Waals surface area contributed by atoms with Crippen molar-refractivity contribution in [1.29, 1.82) is 0 Å². The third-order valence-corrected chi connectivity index (χ3v) is 5.32. The molecule has 4 atom stereocenters. The minimum absolute atomic E-state index is 0.0834. The Balaban J connectivity index is 1.75. The first kappa shape index (κ1) is 21.4. The molecule has 0 spiro atoms. The molecule has 0 heterocycles. The van der Waals surface area contributed by atoms with E-state index < -0.39 is 12.1 Å². The van der Waals surface area contributed by atoms with Crippen LogP contribution in [0.2, 0.25) is 0 Å². The zero-order valence-electron chi connectivity index (χ0n) is 15.9. The van der Waals surface area contributed by atoms with Gasteiger partial charge in [-0.2, -0.15) is 0 Å². The summed E-state index contributed by atoms with van der Waals surface area (Å²) in [6.45, 7) is 0. The van der Waals surface area contributed by atoms with Gasteiger partial charge in [0.2, 0.25) is 0 Å². The lowest BCUT2D eigenvalue weighted by Crippen LogP contribution is -2.17. The Labute approximate surface area is 162 Å². The van der Waals surface area contributed by atoms with E-state index in [1.54, 1.807) is 0 Å². The second-order valence-electron chi connectivity index (χ2n) is 7.45. The van der Waals surface area contributed by atoms with Crippen molar-refractivity contribution in [3.63, 3.8) is 0 Å². The first-order valence-electron chi connectivity index (χ1n) is 10.0. The Bertz CT molecular complexity index is 608. The largest absolute Gasteiger partial charge is 0.481 e. The van der Waals surface area contributed by atoms with E-state index in [2.05, 4.69) is 18.2 Å². The predicted octanol–water partition coefficient (Wildman–Crippen LogP) is 4.12. The molecule has 0 saturated heterocycles. The smallest absolute Gasteiger partial charge is 0.303 e. The highest BCUT2D eigenvalue weighted by atomic mass is 16.4. The average molecular weight is 373 g/mol. The number of rotatable bonds is 11. The Kier molecular flexibility index (Phi) is 9.29. The summed E-state index contributed by atoms with van der Waals surface area (Å²) in [5, 5.41) is 29.1. The first-order chi connectivity index (χ1) is 13.1. The van der Waals surface area contributed by atoms with E-state index >= 15 is 0 Å². The predicted molar refractivity (Wildman–Crippen MR) is 107 cm³/mol. The monoisotopic (exact) mass is 372 g/mol. The van der Waals surface area contributed by atoms with Crippen LogP contribution in [0, 0.1) is 11.8 Å². The van der Waals surface area contributed by atoms with Gasteiger partial charge in [0.1, 0.15) is 0 Å². The third-order valence-electron chi connectivity index (χ3n) is 5.32. The Morgan fingerprint density at radius 1 is 1.19 bits per heavy atom. The van der Waals surface area contributed by atoms with Crippen LogP contribution in [0.5, 0.6) is 0 Å². The number of benzene rings is 1.